The lowest BCUT2D eigenvalue weighted by Crippen LogP contribution is -2.21. The summed E-state index contributed by atoms with van der Waals surface area (Å²) in [5.74, 6) is 0.589. The van der Waals surface area contributed by atoms with E-state index in [4.69, 9.17) is 4.74 Å². The first-order valence-corrected chi connectivity index (χ1v) is 11.2. The maximum atomic E-state index is 13.7. The molecule has 0 radical (unpaired) electrons. The summed E-state index contributed by atoms with van der Waals surface area (Å²) in [6.45, 7) is 3.97. The number of benzene rings is 2. The summed E-state index contributed by atoms with van der Waals surface area (Å²) >= 11 is 0. The molecule has 0 saturated heterocycles. The number of anilines is 2. The van der Waals surface area contributed by atoms with Crippen LogP contribution in [0.5, 0.6) is 5.75 Å². The number of aromatic nitrogens is 2. The van der Waals surface area contributed by atoms with Gasteiger partial charge in [-0.3, -0.25) is 0 Å². The molecule has 0 aliphatic carbocycles. The molecule has 7 nitrogen and oxygen atoms in total. The average molecular weight is 431 g/mol. The highest BCUT2D eigenvalue weighted by Crippen LogP contribution is 2.31. The van der Waals surface area contributed by atoms with Crippen LogP contribution in [0.2, 0.25) is 0 Å². The number of sulfonamides is 1. The van der Waals surface area contributed by atoms with Crippen LogP contribution < -0.4 is 14.8 Å². The van der Waals surface area contributed by atoms with Crippen molar-refractivity contribution >= 4 is 21.5 Å². The van der Waals surface area contributed by atoms with Gasteiger partial charge in [0.2, 0.25) is 10.0 Å². The van der Waals surface area contributed by atoms with Gasteiger partial charge in [0.1, 0.15) is 23.7 Å². The van der Waals surface area contributed by atoms with Crippen molar-refractivity contribution in [3.63, 3.8) is 0 Å². The first kappa shape index (κ1) is 21.7. The number of nitrogens with zero attached hydrogens (tertiary/aromatic N) is 2. The van der Waals surface area contributed by atoms with Gasteiger partial charge >= 0.3 is 0 Å². The Morgan fingerprint density at radius 2 is 1.80 bits per heavy atom. The average Bonchev–Trinajstić information content (AvgIpc) is 2.67. The summed E-state index contributed by atoms with van der Waals surface area (Å²) in [6, 6.07) is 13.4. The molecule has 0 spiro atoms. The normalized spacial score (nSPS) is 11.5. The Labute approximate surface area is 175 Å². The smallest absolute Gasteiger partial charge is 0.209 e. The van der Waals surface area contributed by atoms with Gasteiger partial charge in [-0.25, -0.2) is 27.5 Å². The summed E-state index contributed by atoms with van der Waals surface area (Å²) in [7, 11) is -3.24. The first-order valence-electron chi connectivity index (χ1n) is 9.29. The Hall–Kier alpha value is -3.04. The van der Waals surface area contributed by atoms with Gasteiger partial charge in [-0.05, 0) is 43.7 Å². The van der Waals surface area contributed by atoms with Gasteiger partial charge < -0.3 is 10.1 Å². The highest BCUT2D eigenvalue weighted by molar-refractivity contribution is 7.88. The monoisotopic (exact) mass is 430 g/mol. The number of rotatable bonds is 8. The van der Waals surface area contributed by atoms with Crippen molar-refractivity contribution in [2.75, 3.05) is 11.6 Å². The van der Waals surface area contributed by atoms with Crippen LogP contribution in [0.3, 0.4) is 0 Å². The lowest BCUT2D eigenvalue weighted by atomic mass is 10.1. The molecule has 1 heterocycles. The molecule has 0 aliphatic heterocycles. The van der Waals surface area contributed by atoms with E-state index in [0.29, 0.717) is 22.8 Å². The van der Waals surface area contributed by atoms with Gasteiger partial charge in [-0.1, -0.05) is 12.1 Å². The van der Waals surface area contributed by atoms with Crippen LogP contribution in [-0.4, -0.2) is 30.7 Å². The maximum absolute atomic E-state index is 13.7. The zero-order valence-electron chi connectivity index (χ0n) is 16.9. The van der Waals surface area contributed by atoms with E-state index in [1.165, 1.54) is 18.5 Å². The van der Waals surface area contributed by atoms with Crippen molar-refractivity contribution in [2.45, 2.75) is 26.5 Å². The molecular formula is C21H23FN4O3S. The predicted molar refractivity (Wildman–Crippen MR) is 115 cm³/mol. The zero-order valence-corrected chi connectivity index (χ0v) is 17.7. The standard InChI is InChI=1S/C21H23FN4O3S/c1-14(2)29-20-10-16(22)6-9-18(20)19-11-21(24-13-23-19)26-17-7-4-15(5-8-17)12-25-30(3,27)28/h4-11,13-14,25H,12H2,1-3H3,(H,23,24,26). The Bertz CT molecular complexity index is 1120. The minimum Gasteiger partial charge on any atom is -0.490 e. The molecule has 9 heteroatoms. The summed E-state index contributed by atoms with van der Waals surface area (Å²) < 4.78 is 44.2. The zero-order chi connectivity index (χ0) is 21.7. The molecule has 158 valence electrons. The summed E-state index contributed by atoms with van der Waals surface area (Å²) in [4.78, 5) is 8.52. The highest BCUT2D eigenvalue weighted by atomic mass is 32.2. The molecule has 30 heavy (non-hydrogen) atoms. The molecule has 0 atom stereocenters. The maximum Gasteiger partial charge on any atom is 0.209 e. The van der Waals surface area contributed by atoms with Crippen LogP contribution in [0.4, 0.5) is 15.9 Å². The Kier molecular flexibility index (Phi) is 6.63. The lowest BCUT2D eigenvalue weighted by Gasteiger charge is -2.14. The minimum atomic E-state index is -3.24. The Balaban J connectivity index is 1.78. The molecule has 2 aromatic carbocycles. The fraction of sp³-hybridized carbons (Fsp3) is 0.238. The Morgan fingerprint density at radius 1 is 1.07 bits per heavy atom. The minimum absolute atomic E-state index is 0.110. The van der Waals surface area contributed by atoms with E-state index < -0.39 is 10.0 Å². The van der Waals surface area contributed by atoms with Gasteiger partial charge in [0, 0.05) is 29.9 Å². The van der Waals surface area contributed by atoms with Crippen LogP contribution in [0.1, 0.15) is 19.4 Å². The van der Waals surface area contributed by atoms with E-state index in [0.717, 1.165) is 17.5 Å². The third-order valence-electron chi connectivity index (χ3n) is 4.01. The van der Waals surface area contributed by atoms with Gasteiger partial charge in [0.15, 0.2) is 0 Å². The molecule has 0 aliphatic rings. The summed E-state index contributed by atoms with van der Waals surface area (Å²) in [5.41, 5.74) is 2.87. The van der Waals surface area contributed by atoms with E-state index in [9.17, 15) is 12.8 Å². The lowest BCUT2D eigenvalue weighted by molar-refractivity contribution is 0.242. The molecule has 0 bridgehead atoms. The van der Waals surface area contributed by atoms with Crippen LogP contribution in [0, 0.1) is 5.82 Å². The first-order chi connectivity index (χ1) is 14.2. The number of hydrogen-bond donors (Lipinski definition) is 2. The molecular weight excluding hydrogens is 407 g/mol. The molecule has 0 fully saturated rings. The molecule has 3 aromatic rings. The quantitative estimate of drug-likeness (QED) is 0.564. The van der Waals surface area contributed by atoms with Gasteiger partial charge in [-0.15, -0.1) is 0 Å². The van der Waals surface area contributed by atoms with E-state index in [2.05, 4.69) is 20.0 Å². The van der Waals surface area contributed by atoms with Crippen molar-refractivity contribution < 1.29 is 17.5 Å². The molecule has 2 N–H and O–H groups in total. The van der Waals surface area contributed by atoms with Crippen LogP contribution >= 0.6 is 0 Å². The largest absolute Gasteiger partial charge is 0.490 e. The van der Waals surface area contributed by atoms with Gasteiger partial charge in [0.05, 0.1) is 18.1 Å². The topological polar surface area (TPSA) is 93.2 Å². The second-order valence-electron chi connectivity index (χ2n) is 7.01. The highest BCUT2D eigenvalue weighted by Gasteiger charge is 2.12. The van der Waals surface area contributed by atoms with Crippen molar-refractivity contribution in [3.8, 4) is 17.0 Å². The molecule has 0 amide bonds. The third-order valence-corrected chi connectivity index (χ3v) is 4.68. The second-order valence-corrected chi connectivity index (χ2v) is 8.84. The Morgan fingerprint density at radius 3 is 2.47 bits per heavy atom. The molecule has 0 unspecified atom stereocenters. The summed E-state index contributed by atoms with van der Waals surface area (Å²) in [5, 5.41) is 3.18. The van der Waals surface area contributed by atoms with Crippen LogP contribution in [-0.2, 0) is 16.6 Å². The van der Waals surface area contributed by atoms with Crippen LogP contribution in [0.25, 0.3) is 11.3 Å². The fourth-order valence-electron chi connectivity index (χ4n) is 2.70. The SMILES string of the molecule is CC(C)Oc1cc(F)ccc1-c1cc(Nc2ccc(CNS(C)(=O)=O)cc2)ncn1. The van der Waals surface area contributed by atoms with E-state index >= 15 is 0 Å². The number of hydrogen-bond acceptors (Lipinski definition) is 6. The van der Waals surface area contributed by atoms with Crippen molar-refractivity contribution in [3.05, 3.63) is 66.2 Å². The molecule has 3 rings (SSSR count). The van der Waals surface area contributed by atoms with Crippen molar-refractivity contribution in [1.82, 2.24) is 14.7 Å². The number of halogens is 1. The van der Waals surface area contributed by atoms with Crippen LogP contribution in [0.15, 0.2) is 54.9 Å². The number of ether oxygens (including phenoxy) is 1. The van der Waals surface area contributed by atoms with Gasteiger partial charge in [0.25, 0.3) is 0 Å². The fourth-order valence-corrected chi connectivity index (χ4v) is 3.13. The van der Waals surface area contributed by atoms with E-state index in [1.807, 2.05) is 38.1 Å². The second kappa shape index (κ2) is 9.19. The van der Waals surface area contributed by atoms with Crippen molar-refractivity contribution in [1.29, 1.82) is 0 Å². The third kappa shape index (κ3) is 6.23. The number of nitrogens with one attached hydrogen (secondary N) is 2. The molecule has 1 aromatic heterocycles. The van der Waals surface area contributed by atoms with E-state index in [1.54, 1.807) is 12.1 Å². The van der Waals surface area contributed by atoms with Gasteiger partial charge in [-0.2, -0.15) is 0 Å². The predicted octanol–water partition coefficient (Wildman–Crippen LogP) is 3.86. The molecule has 0 saturated carbocycles. The van der Waals surface area contributed by atoms with Crippen molar-refractivity contribution in [2.24, 2.45) is 0 Å². The van der Waals surface area contributed by atoms with E-state index in [-0.39, 0.29) is 18.5 Å². The summed E-state index contributed by atoms with van der Waals surface area (Å²) in [6.07, 6.45) is 2.43.